The number of benzene rings is 4. The van der Waals surface area contributed by atoms with E-state index in [1.54, 1.807) is 5.57 Å². The van der Waals surface area contributed by atoms with E-state index in [0.29, 0.717) is 11.3 Å². The second-order valence-electron chi connectivity index (χ2n) is 16.3. The quantitative estimate of drug-likeness (QED) is 0.148. The van der Waals surface area contributed by atoms with Crippen molar-refractivity contribution in [1.82, 2.24) is 0 Å². The molecule has 0 aliphatic heterocycles. The number of fused-ring (bicyclic) bond motifs is 4. The van der Waals surface area contributed by atoms with Gasteiger partial charge in [0, 0.05) is 0 Å². The van der Waals surface area contributed by atoms with E-state index >= 15 is 0 Å². The second-order valence-corrected chi connectivity index (χ2v) is 16.3. The zero-order valence-corrected chi connectivity index (χ0v) is 37.4. The molecule has 3 aliphatic rings. The summed E-state index contributed by atoms with van der Waals surface area (Å²) in [6, 6.07) is 28.2. The third kappa shape index (κ3) is 11.7. The predicted molar refractivity (Wildman–Crippen MR) is 227 cm³/mol. The number of hydrogen-bond donors (Lipinski definition) is 0. The summed E-state index contributed by atoms with van der Waals surface area (Å²) in [5, 5.41) is 2.53. The zero-order chi connectivity index (χ0) is 35.3. The van der Waals surface area contributed by atoms with Crippen LogP contribution in [-0.2, 0) is 41.5 Å². The first-order valence-electron chi connectivity index (χ1n) is 17.9. The molecule has 1 fully saturated rings. The maximum absolute atomic E-state index is 3.69. The van der Waals surface area contributed by atoms with Gasteiger partial charge < -0.3 is 7.43 Å². The topological polar surface area (TPSA) is 0 Å². The molecule has 0 heterocycles. The molecule has 276 valence electrons. The molecule has 4 aromatic carbocycles. The molecule has 0 radical (unpaired) electrons. The third-order valence-corrected chi connectivity index (χ3v) is 10.3. The van der Waals surface area contributed by atoms with Crippen LogP contribution in [0, 0.1) is 50.8 Å². The fourth-order valence-electron chi connectivity index (χ4n) is 7.68. The first-order valence-corrected chi connectivity index (χ1v) is 19.6. The van der Waals surface area contributed by atoms with E-state index < -0.39 is 0 Å². The van der Waals surface area contributed by atoms with Crippen molar-refractivity contribution >= 4 is 39.8 Å². The standard InChI is InChI=1S/C23H29.C13H19.C10H7.CH3.CH2.2ClH.Zr/c1-14-9-16-11-17-10-15(2)21(23(6,7)8)13-19(17)18(16)12-20(14)22(3,4)5;1-11-6-7-12(10-11)13(2)8-4-3-5-9-13;1-2-6-10-8-4-3-7-9(10)5-1;;;;;/h9,12-13H,11H2,1-8H3;7,10-11H,3-5,8-9H2,1-2H3;1-3,5-8H;1H3;1H2;2*1H;/q4*-1;;;;. The summed E-state index contributed by atoms with van der Waals surface area (Å²) in [5.74, 6) is 0.550. The summed E-state index contributed by atoms with van der Waals surface area (Å²) in [6.45, 7) is 22.9. The van der Waals surface area contributed by atoms with Crippen molar-refractivity contribution in [1.29, 1.82) is 0 Å². The van der Waals surface area contributed by atoms with Crippen molar-refractivity contribution in [3.63, 3.8) is 0 Å². The Morgan fingerprint density at radius 3 is 1.94 bits per heavy atom. The Kier molecular flexibility index (Phi) is 18.3. The summed E-state index contributed by atoms with van der Waals surface area (Å²) in [7, 11) is 0. The second kappa shape index (κ2) is 19.9. The number of rotatable bonds is 1. The van der Waals surface area contributed by atoms with Crippen LogP contribution in [0.1, 0.15) is 121 Å². The van der Waals surface area contributed by atoms with E-state index in [4.69, 9.17) is 0 Å². The van der Waals surface area contributed by atoms with Crippen molar-refractivity contribution in [2.24, 2.45) is 11.3 Å². The number of allylic oxidation sites excluding steroid dienone is 4. The molecule has 4 aromatic rings. The van der Waals surface area contributed by atoms with Gasteiger partial charge in [-0.05, 0) is 35.4 Å². The van der Waals surface area contributed by atoms with Crippen LogP contribution in [0.25, 0.3) is 21.9 Å². The number of hydrogen-bond acceptors (Lipinski definition) is 0. The molecule has 0 spiro atoms. The summed E-state index contributed by atoms with van der Waals surface area (Å²) >= 11 is 1.30. The van der Waals surface area contributed by atoms with Crippen molar-refractivity contribution in [3.05, 3.63) is 137 Å². The summed E-state index contributed by atoms with van der Waals surface area (Å²) in [6.07, 6.45) is 16.0. The van der Waals surface area contributed by atoms with E-state index in [1.807, 2.05) is 24.3 Å². The number of halogens is 2. The fraction of sp³-hybridized carbons (Fsp3) is 0.417. The van der Waals surface area contributed by atoms with Crippen LogP contribution in [0.3, 0.4) is 0 Å². The van der Waals surface area contributed by atoms with E-state index in [1.165, 1.54) is 112 Å². The molecule has 7 rings (SSSR count). The smallest absolute Gasteiger partial charge is 0.0648 e. The van der Waals surface area contributed by atoms with Gasteiger partial charge in [-0.3, -0.25) is 6.08 Å². The fourth-order valence-corrected chi connectivity index (χ4v) is 7.68. The van der Waals surface area contributed by atoms with Crippen LogP contribution < -0.4 is 0 Å². The van der Waals surface area contributed by atoms with Gasteiger partial charge in [0.25, 0.3) is 0 Å². The van der Waals surface area contributed by atoms with E-state index in [0.717, 1.165) is 6.42 Å². The zero-order valence-electron chi connectivity index (χ0n) is 33.3. The summed E-state index contributed by atoms with van der Waals surface area (Å²) in [4.78, 5) is 0. The monoisotopic (exact) mass is 798 g/mol. The van der Waals surface area contributed by atoms with Crippen LogP contribution in [0.15, 0.2) is 78.4 Å². The Bertz CT molecular complexity index is 1640. The number of aryl methyl sites for hydroxylation is 2. The average Bonchev–Trinajstić information content (AvgIpc) is 3.64. The Morgan fingerprint density at radius 1 is 0.804 bits per heavy atom. The summed E-state index contributed by atoms with van der Waals surface area (Å²) in [5.41, 5.74) is 13.6. The third-order valence-electron chi connectivity index (χ3n) is 10.3. The van der Waals surface area contributed by atoms with Crippen molar-refractivity contribution in [3.8, 4) is 11.1 Å². The molecule has 3 aliphatic carbocycles. The van der Waals surface area contributed by atoms with Crippen LogP contribution >= 0.6 is 24.8 Å². The molecule has 3 heteroatoms. The van der Waals surface area contributed by atoms with Gasteiger partial charge in [-0.25, -0.2) is 6.08 Å². The first-order chi connectivity index (χ1) is 22.7. The molecule has 1 atom stereocenters. The molecule has 0 N–H and O–H groups in total. The van der Waals surface area contributed by atoms with E-state index in [-0.39, 0.29) is 43.1 Å². The molecular formula is C48H62Cl2Zr-4. The molecule has 0 bridgehead atoms. The minimum atomic E-state index is 0. The Morgan fingerprint density at radius 2 is 1.39 bits per heavy atom. The normalized spacial score (nSPS) is 16.4. The van der Waals surface area contributed by atoms with E-state index in [9.17, 15) is 0 Å². The molecule has 51 heavy (non-hydrogen) atoms. The maximum Gasteiger partial charge on any atom is -0.0648 e. The average molecular weight is 801 g/mol. The Balaban J connectivity index is 0.000000395. The molecule has 0 nitrogen and oxygen atoms in total. The molecule has 0 amide bonds. The van der Waals surface area contributed by atoms with Gasteiger partial charge in [0.05, 0.1) is 0 Å². The van der Waals surface area contributed by atoms with Crippen molar-refractivity contribution in [2.45, 2.75) is 119 Å². The van der Waals surface area contributed by atoms with Gasteiger partial charge in [0.15, 0.2) is 0 Å². The Labute approximate surface area is 340 Å². The van der Waals surface area contributed by atoms with Gasteiger partial charge in [-0.2, -0.15) is 53.6 Å². The minimum absolute atomic E-state index is 0. The maximum atomic E-state index is 3.69. The van der Waals surface area contributed by atoms with Gasteiger partial charge in [-0.1, -0.05) is 147 Å². The molecule has 1 unspecified atom stereocenters. The molecular weight excluding hydrogens is 739 g/mol. The van der Waals surface area contributed by atoms with Gasteiger partial charge in [-0.15, -0.1) is 58.3 Å². The van der Waals surface area contributed by atoms with E-state index in [2.05, 4.69) is 140 Å². The van der Waals surface area contributed by atoms with Crippen LogP contribution in [-0.4, -0.2) is 4.21 Å². The molecule has 1 saturated carbocycles. The first kappa shape index (κ1) is 47.0. The van der Waals surface area contributed by atoms with Gasteiger partial charge in [0.2, 0.25) is 0 Å². The van der Waals surface area contributed by atoms with Crippen LogP contribution in [0.4, 0.5) is 0 Å². The van der Waals surface area contributed by atoms with Crippen molar-refractivity contribution < 1.29 is 24.2 Å². The minimum Gasteiger partial charge on any atom is -0.358 e. The Hall–Kier alpha value is -2.05. The molecule has 0 saturated heterocycles. The van der Waals surface area contributed by atoms with Crippen LogP contribution in [0.2, 0.25) is 0 Å². The SMILES string of the molecule is CC1[C-]=CC(C2(C)CCCCC2)=C1.Cc1[c-]c2c(cc1C(C)(C)C)-c1cc(C(C)(C)C)c(C)cc1C2.Cl.Cl.[CH2]=[Zr].[CH3-].[c-]1ccc2ccccc2c1. The van der Waals surface area contributed by atoms with Gasteiger partial charge >= 0.3 is 28.4 Å². The largest absolute Gasteiger partial charge is 0.358 e. The summed E-state index contributed by atoms with van der Waals surface area (Å²) < 4.78 is 3.34. The van der Waals surface area contributed by atoms with Crippen molar-refractivity contribution in [2.75, 3.05) is 0 Å². The molecule has 0 aromatic heterocycles. The van der Waals surface area contributed by atoms with Gasteiger partial charge in [0.1, 0.15) is 0 Å². The van der Waals surface area contributed by atoms with Crippen LogP contribution in [0.5, 0.6) is 0 Å². The predicted octanol–water partition coefficient (Wildman–Crippen LogP) is 14.1.